The molecule has 0 aliphatic carbocycles. The van der Waals surface area contributed by atoms with Crippen molar-refractivity contribution in [2.24, 2.45) is 0 Å². The molecule has 0 spiro atoms. The number of hydrogen-bond acceptors (Lipinski definition) is 5. The fraction of sp³-hybridized carbons (Fsp3) is 0.429. The topological polar surface area (TPSA) is 76.7 Å². The van der Waals surface area contributed by atoms with Crippen molar-refractivity contribution in [3.63, 3.8) is 0 Å². The Bertz CT molecular complexity index is 680. The molecule has 0 saturated heterocycles. The quantitative estimate of drug-likeness (QED) is 0.680. The zero-order valence-corrected chi connectivity index (χ0v) is 16.1. The molecule has 130 valence electrons. The molecule has 0 bridgehead atoms. The van der Waals surface area contributed by atoms with Gasteiger partial charge in [0.25, 0.3) is 0 Å². The lowest BCUT2D eigenvalue weighted by Gasteiger charge is -2.16. The Morgan fingerprint density at radius 1 is 1.26 bits per heavy atom. The van der Waals surface area contributed by atoms with E-state index in [0.717, 1.165) is 25.1 Å². The Morgan fingerprint density at radius 2 is 1.96 bits per heavy atom. The largest absolute Gasteiger partial charge is 0.496 e. The molecule has 2 N–H and O–H groups in total. The Balaban J connectivity index is 0.00000264. The van der Waals surface area contributed by atoms with E-state index in [1.54, 1.807) is 6.07 Å². The normalized spacial score (nSPS) is 14.7. The van der Waals surface area contributed by atoms with Gasteiger partial charge in [-0.3, -0.25) is 0 Å². The molecule has 0 amide bonds. The van der Waals surface area contributed by atoms with Gasteiger partial charge in [0, 0.05) is 19.2 Å². The molecule has 0 radical (unpaired) electrons. The third kappa shape index (κ3) is 5.09. The van der Waals surface area contributed by atoms with E-state index in [1.165, 1.54) is 20.3 Å². The third-order valence-electron chi connectivity index (χ3n) is 3.37. The summed E-state index contributed by atoms with van der Waals surface area (Å²) in [4.78, 5) is 0.0598. The molecule has 0 atom stereocenters. The summed E-state index contributed by atoms with van der Waals surface area (Å²) in [7, 11) is -0.773. The van der Waals surface area contributed by atoms with Crippen molar-refractivity contribution < 1.29 is 17.9 Å². The summed E-state index contributed by atoms with van der Waals surface area (Å²) in [5, 5.41) is 3.19. The van der Waals surface area contributed by atoms with E-state index >= 15 is 0 Å². The molecule has 0 unspecified atom stereocenters. The van der Waals surface area contributed by atoms with Crippen LogP contribution in [0.2, 0.25) is 0 Å². The molecule has 1 aromatic rings. The van der Waals surface area contributed by atoms with E-state index in [1.807, 2.05) is 6.08 Å². The van der Waals surface area contributed by atoms with Gasteiger partial charge >= 0.3 is 0 Å². The van der Waals surface area contributed by atoms with Crippen LogP contribution in [0.4, 0.5) is 0 Å². The second-order valence-electron chi connectivity index (χ2n) is 4.78. The molecule has 1 heterocycles. The standard InChI is InChI=1S/C14H19BrN2O4S.ClH/c1-20-12-8-14(13(21-2)7-11(12)15)22(18,19)17-9-10-3-5-16-6-4-10;/h3,7-8,16-17H,4-6,9H2,1-2H3;1H. The van der Waals surface area contributed by atoms with Crippen molar-refractivity contribution in [3.05, 3.63) is 28.3 Å². The lowest BCUT2D eigenvalue weighted by Crippen LogP contribution is -2.30. The minimum Gasteiger partial charge on any atom is -0.496 e. The van der Waals surface area contributed by atoms with Gasteiger partial charge in [0.1, 0.15) is 16.4 Å². The monoisotopic (exact) mass is 426 g/mol. The number of rotatable bonds is 6. The average molecular weight is 428 g/mol. The number of sulfonamides is 1. The van der Waals surface area contributed by atoms with E-state index in [2.05, 4.69) is 26.0 Å². The van der Waals surface area contributed by atoms with Crippen molar-refractivity contribution in [2.75, 3.05) is 33.9 Å². The van der Waals surface area contributed by atoms with Gasteiger partial charge in [0.15, 0.2) is 0 Å². The van der Waals surface area contributed by atoms with Crippen molar-refractivity contribution >= 4 is 38.4 Å². The van der Waals surface area contributed by atoms with Gasteiger partial charge in [0.2, 0.25) is 10.0 Å². The van der Waals surface area contributed by atoms with Crippen LogP contribution < -0.4 is 19.5 Å². The van der Waals surface area contributed by atoms with Gasteiger partial charge in [-0.15, -0.1) is 12.4 Å². The maximum Gasteiger partial charge on any atom is 0.244 e. The van der Waals surface area contributed by atoms with Crippen LogP contribution in [0.25, 0.3) is 0 Å². The van der Waals surface area contributed by atoms with Gasteiger partial charge < -0.3 is 14.8 Å². The van der Waals surface area contributed by atoms with Gasteiger partial charge in [0.05, 0.1) is 18.7 Å². The van der Waals surface area contributed by atoms with Crippen LogP contribution >= 0.6 is 28.3 Å². The molecule has 9 heteroatoms. The average Bonchev–Trinajstić information content (AvgIpc) is 2.53. The van der Waals surface area contributed by atoms with Gasteiger partial charge in [-0.25, -0.2) is 13.1 Å². The van der Waals surface area contributed by atoms with E-state index in [0.29, 0.717) is 16.8 Å². The van der Waals surface area contributed by atoms with Crippen molar-refractivity contribution in [1.29, 1.82) is 0 Å². The van der Waals surface area contributed by atoms with Crippen LogP contribution in [-0.4, -0.2) is 42.3 Å². The first-order valence-corrected chi connectivity index (χ1v) is 9.05. The summed E-state index contributed by atoms with van der Waals surface area (Å²) in [6.45, 7) is 1.93. The minimum atomic E-state index is -3.69. The summed E-state index contributed by atoms with van der Waals surface area (Å²) in [6.07, 6.45) is 2.84. The van der Waals surface area contributed by atoms with Gasteiger partial charge in [-0.05, 0) is 35.0 Å². The Labute approximate surface area is 151 Å². The first kappa shape index (κ1) is 20.2. The summed E-state index contributed by atoms with van der Waals surface area (Å²) in [5.74, 6) is 0.696. The van der Waals surface area contributed by atoms with Crippen LogP contribution in [0.3, 0.4) is 0 Å². The van der Waals surface area contributed by atoms with Gasteiger partial charge in [-0.1, -0.05) is 11.6 Å². The highest BCUT2D eigenvalue weighted by Crippen LogP contribution is 2.35. The highest BCUT2D eigenvalue weighted by molar-refractivity contribution is 9.10. The molecule has 0 saturated carbocycles. The van der Waals surface area contributed by atoms with Crippen molar-refractivity contribution in [2.45, 2.75) is 11.3 Å². The fourth-order valence-electron chi connectivity index (χ4n) is 2.14. The van der Waals surface area contributed by atoms with Crippen LogP contribution in [0.15, 0.2) is 33.2 Å². The predicted octanol–water partition coefficient (Wildman–Crippen LogP) is 2.09. The number of hydrogen-bond donors (Lipinski definition) is 2. The SMILES string of the molecule is COc1cc(S(=O)(=O)NCC2=CCNCC2)c(OC)cc1Br.Cl. The number of ether oxygens (including phenoxy) is 2. The molecular weight excluding hydrogens is 408 g/mol. The first-order chi connectivity index (χ1) is 10.5. The molecule has 1 aliphatic heterocycles. The van der Waals surface area contributed by atoms with Crippen LogP contribution in [0.1, 0.15) is 6.42 Å². The number of halogens is 2. The Kier molecular flexibility index (Phi) is 7.82. The Morgan fingerprint density at radius 3 is 2.52 bits per heavy atom. The molecule has 1 aromatic carbocycles. The lowest BCUT2D eigenvalue weighted by atomic mass is 10.1. The van der Waals surface area contributed by atoms with Crippen LogP contribution in [0.5, 0.6) is 11.5 Å². The maximum absolute atomic E-state index is 12.5. The molecule has 0 fully saturated rings. The summed E-state index contributed by atoms with van der Waals surface area (Å²) < 4.78 is 38.6. The zero-order valence-electron chi connectivity index (χ0n) is 12.9. The summed E-state index contributed by atoms with van der Waals surface area (Å²) in [6, 6.07) is 3.03. The van der Waals surface area contributed by atoms with E-state index < -0.39 is 10.0 Å². The molecule has 0 aromatic heterocycles. The lowest BCUT2D eigenvalue weighted by molar-refractivity contribution is 0.390. The van der Waals surface area contributed by atoms with Crippen molar-refractivity contribution in [3.8, 4) is 11.5 Å². The number of benzene rings is 1. The molecule has 1 aliphatic rings. The molecule has 6 nitrogen and oxygen atoms in total. The predicted molar refractivity (Wildman–Crippen MR) is 95.3 cm³/mol. The third-order valence-corrected chi connectivity index (χ3v) is 5.42. The highest BCUT2D eigenvalue weighted by Gasteiger charge is 2.22. The highest BCUT2D eigenvalue weighted by atomic mass is 79.9. The van der Waals surface area contributed by atoms with Gasteiger partial charge in [-0.2, -0.15) is 0 Å². The van der Waals surface area contributed by atoms with Crippen molar-refractivity contribution in [1.82, 2.24) is 10.0 Å². The second kappa shape index (κ2) is 8.89. The van der Waals surface area contributed by atoms with Crippen LogP contribution in [0, 0.1) is 0 Å². The summed E-state index contributed by atoms with van der Waals surface area (Å²) >= 11 is 3.31. The number of nitrogens with one attached hydrogen (secondary N) is 2. The molecular formula is C14H20BrClN2O4S. The zero-order chi connectivity index (χ0) is 16.2. The smallest absolute Gasteiger partial charge is 0.244 e. The molecule has 23 heavy (non-hydrogen) atoms. The Hall–Kier alpha value is -0.800. The first-order valence-electron chi connectivity index (χ1n) is 6.77. The van der Waals surface area contributed by atoms with E-state index in [4.69, 9.17) is 9.47 Å². The maximum atomic E-state index is 12.5. The summed E-state index contributed by atoms with van der Waals surface area (Å²) in [5.41, 5.74) is 1.07. The number of methoxy groups -OCH3 is 2. The van der Waals surface area contributed by atoms with E-state index in [-0.39, 0.29) is 23.1 Å². The van der Waals surface area contributed by atoms with Crippen LogP contribution in [-0.2, 0) is 10.0 Å². The minimum absolute atomic E-state index is 0. The second-order valence-corrected chi connectivity index (χ2v) is 7.37. The van der Waals surface area contributed by atoms with E-state index in [9.17, 15) is 8.42 Å². The molecule has 2 rings (SSSR count). The fourth-order valence-corrected chi connectivity index (χ4v) is 3.82.